The number of thiophene rings is 1. The molecule has 3 heteroatoms. The smallest absolute Gasteiger partial charge is 0.123 e. The minimum atomic E-state index is -0.207. The molecule has 1 heterocycles. The lowest BCUT2D eigenvalue weighted by Crippen LogP contribution is -1.96. The molecule has 1 aromatic carbocycles. The number of hydrogen-bond acceptors (Lipinski definition) is 1. The Kier molecular flexibility index (Phi) is 3.62. The molecule has 0 N–H and O–H groups in total. The van der Waals surface area contributed by atoms with E-state index in [2.05, 4.69) is 17.7 Å². The number of halogens is 2. The second kappa shape index (κ2) is 4.98. The monoisotopic (exact) mass is 254 g/mol. The Morgan fingerprint density at radius 3 is 2.50 bits per heavy atom. The summed E-state index contributed by atoms with van der Waals surface area (Å²) >= 11 is 8.00. The summed E-state index contributed by atoms with van der Waals surface area (Å²) in [6, 6.07) is 6.51. The van der Waals surface area contributed by atoms with Crippen molar-refractivity contribution in [1.82, 2.24) is 0 Å². The van der Waals surface area contributed by atoms with E-state index in [9.17, 15) is 4.39 Å². The van der Waals surface area contributed by atoms with Gasteiger partial charge in [-0.3, -0.25) is 0 Å². The fourth-order valence-corrected chi connectivity index (χ4v) is 3.02. The predicted octanol–water partition coefficient (Wildman–Crippen LogP) is 4.72. The van der Waals surface area contributed by atoms with Crippen LogP contribution in [0.1, 0.15) is 22.1 Å². The first-order valence-corrected chi connectivity index (χ1v) is 6.46. The summed E-state index contributed by atoms with van der Waals surface area (Å²) in [5.74, 6) is -0.207. The Balaban J connectivity index is 2.10. The van der Waals surface area contributed by atoms with Gasteiger partial charge in [0.15, 0.2) is 0 Å². The van der Waals surface area contributed by atoms with Crippen LogP contribution in [0.2, 0.25) is 0 Å². The van der Waals surface area contributed by atoms with Crippen LogP contribution in [0.15, 0.2) is 35.0 Å². The van der Waals surface area contributed by atoms with Crippen molar-refractivity contribution in [3.8, 4) is 0 Å². The summed E-state index contributed by atoms with van der Waals surface area (Å²) in [6.45, 7) is 2.06. The molecule has 0 amide bonds. The van der Waals surface area contributed by atoms with Gasteiger partial charge in [-0.15, -0.1) is 11.6 Å². The van der Waals surface area contributed by atoms with Gasteiger partial charge in [-0.1, -0.05) is 12.1 Å². The Bertz CT molecular complexity index is 461. The van der Waals surface area contributed by atoms with E-state index in [1.807, 2.05) is 0 Å². The summed E-state index contributed by atoms with van der Waals surface area (Å²) in [4.78, 5) is 0. The Hall–Kier alpha value is -0.860. The second-order valence-electron chi connectivity index (χ2n) is 3.81. The zero-order chi connectivity index (χ0) is 11.5. The van der Waals surface area contributed by atoms with Crippen molar-refractivity contribution in [3.05, 3.63) is 57.5 Å². The molecule has 0 spiro atoms. The van der Waals surface area contributed by atoms with Crippen LogP contribution in [0.3, 0.4) is 0 Å². The van der Waals surface area contributed by atoms with Crippen LogP contribution in [-0.4, -0.2) is 0 Å². The van der Waals surface area contributed by atoms with Gasteiger partial charge >= 0.3 is 0 Å². The molecule has 1 aromatic heterocycles. The molecule has 1 atom stereocenters. The molecule has 0 saturated heterocycles. The van der Waals surface area contributed by atoms with E-state index in [0.717, 1.165) is 12.0 Å². The second-order valence-corrected chi connectivity index (χ2v) is 5.08. The normalized spacial score (nSPS) is 12.7. The van der Waals surface area contributed by atoms with Gasteiger partial charge in [0.1, 0.15) is 5.82 Å². The van der Waals surface area contributed by atoms with Gasteiger partial charge in [0, 0.05) is 0 Å². The van der Waals surface area contributed by atoms with Crippen LogP contribution in [0.25, 0.3) is 0 Å². The lowest BCUT2D eigenvalue weighted by Gasteiger charge is -2.09. The van der Waals surface area contributed by atoms with Gasteiger partial charge in [0.2, 0.25) is 0 Å². The van der Waals surface area contributed by atoms with Crippen LogP contribution < -0.4 is 0 Å². The third kappa shape index (κ3) is 2.63. The summed E-state index contributed by atoms with van der Waals surface area (Å²) in [6.07, 6.45) is 0.736. The van der Waals surface area contributed by atoms with Gasteiger partial charge in [-0.25, -0.2) is 4.39 Å². The number of rotatable bonds is 3. The van der Waals surface area contributed by atoms with E-state index < -0.39 is 0 Å². The van der Waals surface area contributed by atoms with E-state index in [1.165, 1.54) is 23.3 Å². The zero-order valence-electron chi connectivity index (χ0n) is 8.91. The minimum Gasteiger partial charge on any atom is -0.207 e. The van der Waals surface area contributed by atoms with Crippen molar-refractivity contribution in [2.24, 2.45) is 0 Å². The van der Waals surface area contributed by atoms with E-state index in [4.69, 9.17) is 11.6 Å². The van der Waals surface area contributed by atoms with E-state index >= 15 is 0 Å². The molecule has 2 rings (SSSR count). The molecule has 84 valence electrons. The maximum absolute atomic E-state index is 12.7. The summed E-state index contributed by atoms with van der Waals surface area (Å²) in [7, 11) is 0. The van der Waals surface area contributed by atoms with E-state index in [-0.39, 0.29) is 11.2 Å². The quantitative estimate of drug-likeness (QED) is 0.696. The number of hydrogen-bond donors (Lipinski definition) is 0. The fourth-order valence-electron chi connectivity index (χ4n) is 1.63. The summed E-state index contributed by atoms with van der Waals surface area (Å²) in [5, 5.41) is 4.14. The van der Waals surface area contributed by atoms with Crippen molar-refractivity contribution in [1.29, 1.82) is 0 Å². The fraction of sp³-hybridized carbons (Fsp3) is 0.231. The Labute approximate surface area is 104 Å². The summed E-state index contributed by atoms with van der Waals surface area (Å²) in [5.41, 5.74) is 3.47. The molecule has 2 aromatic rings. The minimum absolute atomic E-state index is 0.0308. The molecule has 0 fully saturated rings. The first-order chi connectivity index (χ1) is 7.66. The number of benzene rings is 1. The highest BCUT2D eigenvalue weighted by Crippen LogP contribution is 2.29. The number of alkyl halides is 1. The van der Waals surface area contributed by atoms with Crippen LogP contribution in [0, 0.1) is 12.7 Å². The lowest BCUT2D eigenvalue weighted by molar-refractivity contribution is 0.627. The SMILES string of the molecule is Cc1cscc1C(Cl)Cc1ccc(F)cc1. The maximum atomic E-state index is 12.7. The van der Waals surface area contributed by atoms with Gasteiger partial charge < -0.3 is 0 Å². The van der Waals surface area contributed by atoms with Gasteiger partial charge in [-0.05, 0) is 52.9 Å². The third-order valence-electron chi connectivity index (χ3n) is 2.56. The van der Waals surface area contributed by atoms with Gasteiger partial charge in [-0.2, -0.15) is 11.3 Å². The first-order valence-electron chi connectivity index (χ1n) is 5.08. The lowest BCUT2D eigenvalue weighted by atomic mass is 10.0. The average molecular weight is 255 g/mol. The largest absolute Gasteiger partial charge is 0.207 e. The topological polar surface area (TPSA) is 0 Å². The molecule has 0 saturated carbocycles. The van der Waals surface area contributed by atoms with E-state index in [1.54, 1.807) is 23.5 Å². The standard InChI is InChI=1S/C13H12ClFS/c1-9-7-16-8-12(9)13(14)6-10-2-4-11(15)5-3-10/h2-5,7-8,13H,6H2,1H3. The highest BCUT2D eigenvalue weighted by Gasteiger charge is 2.12. The molecule has 1 unspecified atom stereocenters. The molecule has 0 aliphatic carbocycles. The maximum Gasteiger partial charge on any atom is 0.123 e. The average Bonchev–Trinajstić information content (AvgIpc) is 2.68. The highest BCUT2D eigenvalue weighted by molar-refractivity contribution is 7.08. The molecule has 0 aliphatic rings. The van der Waals surface area contributed by atoms with Gasteiger partial charge in [0.25, 0.3) is 0 Å². The molecule has 0 aliphatic heterocycles. The summed E-state index contributed by atoms with van der Waals surface area (Å²) < 4.78 is 12.7. The molecular weight excluding hydrogens is 243 g/mol. The molecule has 0 radical (unpaired) electrons. The van der Waals surface area contributed by atoms with E-state index in [0.29, 0.717) is 0 Å². The highest BCUT2D eigenvalue weighted by atomic mass is 35.5. The zero-order valence-corrected chi connectivity index (χ0v) is 10.5. The van der Waals surface area contributed by atoms with Gasteiger partial charge in [0.05, 0.1) is 5.38 Å². The first kappa shape index (κ1) is 11.6. The van der Waals surface area contributed by atoms with Crippen LogP contribution in [0.5, 0.6) is 0 Å². The number of aryl methyl sites for hydroxylation is 1. The predicted molar refractivity (Wildman–Crippen MR) is 67.8 cm³/mol. The van der Waals surface area contributed by atoms with Crippen LogP contribution in [-0.2, 0) is 6.42 Å². The molecular formula is C13H12ClFS. The van der Waals surface area contributed by atoms with Crippen molar-refractivity contribution in [2.45, 2.75) is 18.7 Å². The molecule has 16 heavy (non-hydrogen) atoms. The van der Waals surface area contributed by atoms with Crippen LogP contribution >= 0.6 is 22.9 Å². The van der Waals surface area contributed by atoms with Crippen molar-refractivity contribution in [2.75, 3.05) is 0 Å². The van der Waals surface area contributed by atoms with Crippen molar-refractivity contribution >= 4 is 22.9 Å². The Morgan fingerprint density at radius 1 is 1.25 bits per heavy atom. The third-order valence-corrected chi connectivity index (χ3v) is 3.83. The Morgan fingerprint density at radius 2 is 1.94 bits per heavy atom. The van der Waals surface area contributed by atoms with Crippen molar-refractivity contribution < 1.29 is 4.39 Å². The van der Waals surface area contributed by atoms with Crippen molar-refractivity contribution in [3.63, 3.8) is 0 Å². The molecule has 0 nitrogen and oxygen atoms in total. The molecule has 0 bridgehead atoms. The van der Waals surface area contributed by atoms with Crippen LogP contribution in [0.4, 0.5) is 4.39 Å².